The maximum absolute atomic E-state index is 15.5. The van der Waals surface area contributed by atoms with E-state index in [-0.39, 0.29) is 23.4 Å². The molecule has 2 aromatic carbocycles. The molecule has 0 saturated carbocycles. The number of nitrogens with two attached hydrogens (primary N) is 1. The molecule has 3 N–H and O–H groups in total. The number of amides is 1. The zero-order valence-corrected chi connectivity index (χ0v) is 23.0. The van der Waals surface area contributed by atoms with Gasteiger partial charge in [-0.25, -0.2) is 9.37 Å². The van der Waals surface area contributed by atoms with E-state index in [9.17, 15) is 9.90 Å². The molecular weight excluding hydrogens is 511 g/mol. The number of carbonyl (C=O) groups is 1. The van der Waals surface area contributed by atoms with Gasteiger partial charge in [0.2, 0.25) is 0 Å². The van der Waals surface area contributed by atoms with Crippen molar-refractivity contribution in [3.63, 3.8) is 0 Å². The van der Waals surface area contributed by atoms with Crippen LogP contribution in [0.4, 0.5) is 10.2 Å². The Morgan fingerprint density at radius 3 is 2.73 bits per heavy atom. The van der Waals surface area contributed by atoms with Gasteiger partial charge in [-0.3, -0.25) is 4.79 Å². The maximum Gasteiger partial charge on any atom is 0.257 e. The first-order valence-electron chi connectivity index (χ1n) is 14.2. The van der Waals surface area contributed by atoms with Gasteiger partial charge in [-0.1, -0.05) is 13.0 Å². The summed E-state index contributed by atoms with van der Waals surface area (Å²) in [5.74, 6) is 0.389. The minimum Gasteiger partial charge on any atom is -0.484 e. The van der Waals surface area contributed by atoms with Gasteiger partial charge in [0, 0.05) is 55.1 Å². The minimum atomic E-state index is -0.718. The summed E-state index contributed by atoms with van der Waals surface area (Å²) in [6.45, 7) is 5.11. The van der Waals surface area contributed by atoms with E-state index < -0.39 is 17.5 Å². The van der Waals surface area contributed by atoms with E-state index in [0.29, 0.717) is 42.2 Å². The Kier molecular flexibility index (Phi) is 6.03. The monoisotopic (exact) mass is 546 g/mol. The molecule has 7 rings (SSSR count). The van der Waals surface area contributed by atoms with Gasteiger partial charge in [0.1, 0.15) is 29.1 Å². The number of pyridine rings is 1. The lowest BCUT2D eigenvalue weighted by atomic mass is 9.83. The number of halogens is 1. The first-order chi connectivity index (χ1) is 19.2. The standard InChI is InChI=1S/C31H35FN4O4/c1-17-3-5-26(18-4-6-27-21(11-18)28(37)31(40-27)7-9-35(2)10-8-31)36(14-17)30(38)20-12-19-22-15-39-16-23(22)29(33)34-25(19)13-24(20)32/h4,6,11-13,17,26,28,37H,3,5,7-10,14-16H2,1-2H3,(H2,33,34)/t17-,26?,28?/m0/s1. The third kappa shape index (κ3) is 3.97. The van der Waals surface area contributed by atoms with Crippen molar-refractivity contribution < 1.29 is 23.8 Å². The van der Waals surface area contributed by atoms with Crippen molar-refractivity contribution in [1.82, 2.24) is 14.8 Å². The van der Waals surface area contributed by atoms with E-state index in [1.165, 1.54) is 6.07 Å². The van der Waals surface area contributed by atoms with Gasteiger partial charge in [0.15, 0.2) is 0 Å². The van der Waals surface area contributed by atoms with Gasteiger partial charge in [-0.15, -0.1) is 0 Å². The molecular formula is C31H35FN4O4. The highest BCUT2D eigenvalue weighted by Crippen LogP contribution is 2.49. The fourth-order valence-electron chi connectivity index (χ4n) is 7.05. The summed E-state index contributed by atoms with van der Waals surface area (Å²) in [6, 6.07) is 8.62. The highest BCUT2D eigenvalue weighted by Gasteiger charge is 2.49. The van der Waals surface area contributed by atoms with Crippen LogP contribution in [-0.2, 0) is 18.0 Å². The molecule has 0 aliphatic carbocycles. The molecule has 0 radical (unpaired) electrons. The molecule has 2 saturated heterocycles. The molecule has 4 aliphatic heterocycles. The van der Waals surface area contributed by atoms with Crippen LogP contribution in [0.5, 0.6) is 5.75 Å². The zero-order chi connectivity index (χ0) is 27.8. The highest BCUT2D eigenvalue weighted by molar-refractivity contribution is 6.00. The van der Waals surface area contributed by atoms with Crippen molar-refractivity contribution in [2.75, 3.05) is 32.4 Å². The van der Waals surface area contributed by atoms with Gasteiger partial charge in [-0.05, 0) is 55.1 Å². The molecule has 3 atom stereocenters. The average molecular weight is 547 g/mol. The number of nitrogen functional groups attached to an aromatic ring is 1. The zero-order valence-electron chi connectivity index (χ0n) is 23.0. The minimum absolute atomic E-state index is 0.0297. The Bertz CT molecular complexity index is 1520. The first-order valence-corrected chi connectivity index (χ1v) is 14.2. The quantitative estimate of drug-likeness (QED) is 0.489. The topological polar surface area (TPSA) is 101 Å². The van der Waals surface area contributed by atoms with E-state index in [2.05, 4.69) is 23.9 Å². The molecule has 1 spiro atoms. The molecule has 1 aromatic heterocycles. The third-order valence-corrected chi connectivity index (χ3v) is 9.48. The number of likely N-dealkylation sites (tertiary alicyclic amines) is 2. The van der Waals surface area contributed by atoms with Gasteiger partial charge in [-0.2, -0.15) is 0 Å². The van der Waals surface area contributed by atoms with Crippen molar-refractivity contribution >= 4 is 22.6 Å². The van der Waals surface area contributed by atoms with Crippen LogP contribution in [0.2, 0.25) is 0 Å². The summed E-state index contributed by atoms with van der Waals surface area (Å²) < 4.78 is 27.4. The molecule has 40 heavy (non-hydrogen) atoms. The van der Waals surface area contributed by atoms with Crippen LogP contribution in [0.25, 0.3) is 10.9 Å². The summed E-state index contributed by atoms with van der Waals surface area (Å²) in [5, 5.41) is 12.1. The summed E-state index contributed by atoms with van der Waals surface area (Å²) in [7, 11) is 2.08. The Labute approximate surface area is 232 Å². The van der Waals surface area contributed by atoms with Gasteiger partial charge in [0.05, 0.1) is 30.3 Å². The Morgan fingerprint density at radius 2 is 1.93 bits per heavy atom. The van der Waals surface area contributed by atoms with Gasteiger partial charge >= 0.3 is 0 Å². The molecule has 210 valence electrons. The number of anilines is 1. The molecule has 8 nitrogen and oxygen atoms in total. The largest absolute Gasteiger partial charge is 0.484 e. The number of fused-ring (bicyclic) bond motifs is 4. The normalized spacial score (nSPS) is 25.7. The van der Waals surface area contributed by atoms with Crippen LogP contribution >= 0.6 is 0 Å². The van der Waals surface area contributed by atoms with Crippen molar-refractivity contribution in [3.8, 4) is 5.75 Å². The second-order valence-corrected chi connectivity index (χ2v) is 12.1. The van der Waals surface area contributed by atoms with E-state index in [4.69, 9.17) is 15.2 Å². The molecule has 0 bridgehead atoms. The molecule has 2 fully saturated rings. The lowest BCUT2D eigenvalue weighted by Gasteiger charge is -2.39. The number of aromatic nitrogens is 1. The second kappa shape index (κ2) is 9.39. The van der Waals surface area contributed by atoms with Crippen LogP contribution in [0.3, 0.4) is 0 Å². The molecule has 5 heterocycles. The summed E-state index contributed by atoms with van der Waals surface area (Å²) in [4.78, 5) is 22.5. The fourth-order valence-corrected chi connectivity index (χ4v) is 7.05. The summed E-state index contributed by atoms with van der Waals surface area (Å²) in [5.41, 5.74) is 9.34. The number of rotatable bonds is 2. The van der Waals surface area contributed by atoms with Crippen molar-refractivity contribution in [3.05, 3.63) is 64.0 Å². The van der Waals surface area contributed by atoms with E-state index >= 15 is 4.39 Å². The number of piperidine rings is 2. The van der Waals surface area contributed by atoms with Crippen molar-refractivity contribution in [2.45, 2.75) is 63.6 Å². The lowest BCUT2D eigenvalue weighted by Crippen LogP contribution is -2.48. The van der Waals surface area contributed by atoms with E-state index in [0.717, 1.165) is 61.0 Å². The van der Waals surface area contributed by atoms with Crippen LogP contribution in [0.15, 0.2) is 30.3 Å². The number of benzene rings is 2. The first kappa shape index (κ1) is 25.7. The Balaban J connectivity index is 1.23. The molecule has 4 aliphatic rings. The van der Waals surface area contributed by atoms with Crippen molar-refractivity contribution in [2.24, 2.45) is 5.92 Å². The third-order valence-electron chi connectivity index (χ3n) is 9.48. The molecule has 1 amide bonds. The Morgan fingerprint density at radius 1 is 1.15 bits per heavy atom. The number of hydrogen-bond acceptors (Lipinski definition) is 7. The number of nitrogens with zero attached hydrogens (tertiary/aromatic N) is 3. The number of hydrogen-bond donors (Lipinski definition) is 2. The van der Waals surface area contributed by atoms with E-state index in [1.54, 1.807) is 11.0 Å². The molecule has 9 heteroatoms. The smallest absolute Gasteiger partial charge is 0.257 e. The number of aliphatic hydroxyl groups excluding tert-OH is 1. The number of aliphatic hydroxyl groups is 1. The molecule has 2 unspecified atom stereocenters. The van der Waals surface area contributed by atoms with Crippen LogP contribution in [0, 0.1) is 11.7 Å². The van der Waals surface area contributed by atoms with Crippen LogP contribution in [-0.4, -0.2) is 58.1 Å². The van der Waals surface area contributed by atoms with Crippen LogP contribution < -0.4 is 10.5 Å². The lowest BCUT2D eigenvalue weighted by molar-refractivity contribution is -0.0650. The van der Waals surface area contributed by atoms with E-state index in [1.807, 2.05) is 18.2 Å². The molecule has 3 aromatic rings. The average Bonchev–Trinajstić information content (AvgIpc) is 3.54. The Hall–Kier alpha value is -3.27. The summed E-state index contributed by atoms with van der Waals surface area (Å²) >= 11 is 0. The summed E-state index contributed by atoms with van der Waals surface area (Å²) in [6.07, 6.45) is 2.52. The second-order valence-electron chi connectivity index (χ2n) is 12.1. The van der Waals surface area contributed by atoms with Gasteiger partial charge in [0.25, 0.3) is 5.91 Å². The van der Waals surface area contributed by atoms with Crippen molar-refractivity contribution in [1.29, 1.82) is 0 Å². The predicted molar refractivity (Wildman–Crippen MR) is 148 cm³/mol. The van der Waals surface area contributed by atoms with Crippen LogP contribution in [0.1, 0.15) is 77.4 Å². The fraction of sp³-hybridized carbons (Fsp3) is 0.484. The maximum atomic E-state index is 15.5. The number of carbonyl (C=O) groups excluding carboxylic acids is 1. The van der Waals surface area contributed by atoms with Gasteiger partial charge < -0.3 is 30.1 Å². The highest BCUT2D eigenvalue weighted by atomic mass is 19.1. The number of ether oxygens (including phenoxy) is 2. The SMILES string of the molecule is C[C@H]1CCC(c2ccc3c(c2)C(O)C2(CCN(C)CC2)O3)N(C(=O)c2cc3c4c(c(N)nc3cc2F)COC4)C1. The predicted octanol–water partition coefficient (Wildman–Crippen LogP) is 4.49.